The van der Waals surface area contributed by atoms with Crippen LogP contribution in [0.4, 0.5) is 10.5 Å². The maximum Gasteiger partial charge on any atom is 0.408 e. The first-order chi connectivity index (χ1) is 14.0. The van der Waals surface area contributed by atoms with Crippen molar-refractivity contribution in [1.29, 1.82) is 0 Å². The quantitative estimate of drug-likeness (QED) is 0.544. The Hall–Kier alpha value is -3.20. The second kappa shape index (κ2) is 11.6. The van der Waals surface area contributed by atoms with E-state index in [-0.39, 0.29) is 24.0 Å². The summed E-state index contributed by atoms with van der Waals surface area (Å²) in [6.07, 6.45) is -0.829. The molecule has 154 valence electrons. The van der Waals surface area contributed by atoms with Gasteiger partial charge in [0.2, 0.25) is 5.91 Å². The maximum atomic E-state index is 12.0. The number of thioether (sulfide) groups is 1. The van der Waals surface area contributed by atoms with Crippen molar-refractivity contribution < 1.29 is 29.0 Å². The summed E-state index contributed by atoms with van der Waals surface area (Å²) in [5, 5.41) is 14.3. The molecule has 8 nitrogen and oxygen atoms in total. The average molecular weight is 418 g/mol. The first-order valence-electron chi connectivity index (χ1n) is 8.69. The molecule has 0 aliphatic carbocycles. The standard InChI is InChI=1S/C20H22N2O6S/c1-27-16-9-7-15(8-10-16)21-18(23)13-29-12-17(19(24)25)22-20(26)28-11-14-5-3-2-4-6-14/h2-10,17H,11-13H2,1H3,(H,21,23)(H,22,26)(H,24,25). The molecule has 0 saturated carbocycles. The van der Waals surface area contributed by atoms with E-state index in [2.05, 4.69) is 10.6 Å². The van der Waals surface area contributed by atoms with Crippen LogP contribution in [0.15, 0.2) is 54.6 Å². The lowest BCUT2D eigenvalue weighted by Crippen LogP contribution is -2.43. The van der Waals surface area contributed by atoms with Crippen LogP contribution < -0.4 is 15.4 Å². The number of alkyl carbamates (subject to hydrolysis) is 1. The van der Waals surface area contributed by atoms with Crippen molar-refractivity contribution in [3.05, 3.63) is 60.2 Å². The summed E-state index contributed by atoms with van der Waals surface area (Å²) in [5.74, 6) is -0.755. The predicted molar refractivity (Wildman–Crippen MR) is 110 cm³/mol. The van der Waals surface area contributed by atoms with E-state index in [0.717, 1.165) is 17.3 Å². The Bertz CT molecular complexity index is 813. The van der Waals surface area contributed by atoms with Crippen LogP contribution in [0.2, 0.25) is 0 Å². The van der Waals surface area contributed by atoms with Gasteiger partial charge < -0.3 is 25.2 Å². The molecule has 0 radical (unpaired) electrons. The summed E-state index contributed by atoms with van der Waals surface area (Å²) in [7, 11) is 1.55. The molecular weight excluding hydrogens is 396 g/mol. The number of carbonyl (C=O) groups is 3. The van der Waals surface area contributed by atoms with Crippen LogP contribution in [0.25, 0.3) is 0 Å². The van der Waals surface area contributed by atoms with Crippen molar-refractivity contribution >= 4 is 35.4 Å². The van der Waals surface area contributed by atoms with Gasteiger partial charge in [-0.1, -0.05) is 30.3 Å². The number of hydrogen-bond acceptors (Lipinski definition) is 6. The molecule has 0 heterocycles. The Morgan fingerprint density at radius 3 is 2.38 bits per heavy atom. The largest absolute Gasteiger partial charge is 0.497 e. The Morgan fingerprint density at radius 2 is 1.76 bits per heavy atom. The molecule has 3 N–H and O–H groups in total. The lowest BCUT2D eigenvalue weighted by atomic mass is 10.2. The van der Waals surface area contributed by atoms with E-state index < -0.39 is 18.1 Å². The fourth-order valence-corrected chi connectivity index (χ4v) is 3.06. The predicted octanol–water partition coefficient (Wildman–Crippen LogP) is 2.75. The molecule has 2 amide bonds. The monoisotopic (exact) mass is 418 g/mol. The zero-order valence-corrected chi connectivity index (χ0v) is 16.6. The third-order valence-corrected chi connectivity index (χ3v) is 4.73. The summed E-state index contributed by atoms with van der Waals surface area (Å²) >= 11 is 1.09. The van der Waals surface area contributed by atoms with Gasteiger partial charge in [0.05, 0.1) is 12.9 Å². The summed E-state index contributed by atoms with van der Waals surface area (Å²) in [5.41, 5.74) is 1.40. The third kappa shape index (κ3) is 8.14. The number of benzene rings is 2. The number of carboxylic acid groups (broad SMARTS) is 1. The molecule has 2 aromatic carbocycles. The van der Waals surface area contributed by atoms with Gasteiger partial charge >= 0.3 is 12.1 Å². The second-order valence-corrected chi connectivity index (χ2v) is 6.92. The van der Waals surface area contributed by atoms with Crippen LogP contribution in [0, 0.1) is 0 Å². The highest BCUT2D eigenvalue weighted by Crippen LogP contribution is 2.15. The number of ether oxygens (including phenoxy) is 2. The molecule has 0 fully saturated rings. The summed E-state index contributed by atoms with van der Waals surface area (Å²) < 4.78 is 10.1. The Labute approximate surface area is 172 Å². The maximum absolute atomic E-state index is 12.0. The lowest BCUT2D eigenvalue weighted by Gasteiger charge is -2.14. The molecule has 2 rings (SSSR count). The van der Waals surface area contributed by atoms with E-state index in [1.807, 2.05) is 18.2 Å². The van der Waals surface area contributed by atoms with E-state index in [4.69, 9.17) is 9.47 Å². The lowest BCUT2D eigenvalue weighted by molar-refractivity contribution is -0.138. The number of rotatable bonds is 10. The van der Waals surface area contributed by atoms with Crippen molar-refractivity contribution in [2.24, 2.45) is 0 Å². The third-order valence-electron chi connectivity index (χ3n) is 3.69. The Balaban J connectivity index is 1.72. The number of carboxylic acids is 1. The SMILES string of the molecule is COc1ccc(NC(=O)CSCC(NC(=O)OCc2ccccc2)C(=O)O)cc1. The van der Waals surface area contributed by atoms with Gasteiger partial charge in [-0.25, -0.2) is 9.59 Å². The van der Waals surface area contributed by atoms with Crippen LogP contribution >= 0.6 is 11.8 Å². The summed E-state index contributed by atoms with van der Waals surface area (Å²) in [6.45, 7) is 0.0381. The van der Waals surface area contributed by atoms with Gasteiger partial charge in [-0.3, -0.25) is 4.79 Å². The van der Waals surface area contributed by atoms with Crippen LogP contribution in [0.1, 0.15) is 5.56 Å². The van der Waals surface area contributed by atoms with Gasteiger partial charge in [-0.15, -0.1) is 11.8 Å². The molecule has 0 aliphatic heterocycles. The van der Waals surface area contributed by atoms with Crippen molar-refractivity contribution in [2.45, 2.75) is 12.6 Å². The smallest absolute Gasteiger partial charge is 0.408 e. The molecule has 2 aromatic rings. The molecule has 0 saturated heterocycles. The van der Waals surface area contributed by atoms with Crippen molar-refractivity contribution in [3.8, 4) is 5.75 Å². The van der Waals surface area contributed by atoms with Gasteiger partial charge in [0, 0.05) is 11.4 Å². The normalized spacial score (nSPS) is 11.2. The number of anilines is 1. The summed E-state index contributed by atoms with van der Waals surface area (Å²) in [6, 6.07) is 14.7. The molecule has 9 heteroatoms. The van der Waals surface area contributed by atoms with E-state index in [0.29, 0.717) is 11.4 Å². The number of aliphatic carboxylic acids is 1. The molecule has 29 heavy (non-hydrogen) atoms. The van der Waals surface area contributed by atoms with E-state index >= 15 is 0 Å². The minimum absolute atomic E-state index is 0.0196. The number of nitrogens with one attached hydrogen (secondary N) is 2. The Morgan fingerprint density at radius 1 is 1.07 bits per heavy atom. The molecule has 0 bridgehead atoms. The molecule has 0 aromatic heterocycles. The fourth-order valence-electron chi connectivity index (χ4n) is 2.22. The molecule has 0 spiro atoms. The van der Waals surface area contributed by atoms with Crippen molar-refractivity contribution in [2.75, 3.05) is 23.9 Å². The topological polar surface area (TPSA) is 114 Å². The highest BCUT2D eigenvalue weighted by molar-refractivity contribution is 8.00. The zero-order valence-electron chi connectivity index (χ0n) is 15.8. The number of carbonyl (C=O) groups excluding carboxylic acids is 2. The molecule has 0 aliphatic rings. The Kier molecular flexibility index (Phi) is 8.84. The summed E-state index contributed by atoms with van der Waals surface area (Å²) in [4.78, 5) is 35.1. The highest BCUT2D eigenvalue weighted by atomic mass is 32.2. The van der Waals surface area contributed by atoms with Crippen LogP contribution in [-0.4, -0.2) is 47.7 Å². The van der Waals surface area contributed by atoms with Crippen LogP contribution in [-0.2, 0) is 20.9 Å². The van der Waals surface area contributed by atoms with E-state index in [1.165, 1.54) is 0 Å². The van der Waals surface area contributed by atoms with Crippen molar-refractivity contribution in [1.82, 2.24) is 5.32 Å². The van der Waals surface area contributed by atoms with Gasteiger partial charge in [0.25, 0.3) is 0 Å². The second-order valence-electron chi connectivity index (χ2n) is 5.89. The zero-order chi connectivity index (χ0) is 21.1. The molecule has 1 unspecified atom stereocenters. The minimum atomic E-state index is -1.20. The minimum Gasteiger partial charge on any atom is -0.497 e. The van der Waals surface area contributed by atoms with Crippen LogP contribution in [0.5, 0.6) is 5.75 Å². The van der Waals surface area contributed by atoms with Crippen LogP contribution in [0.3, 0.4) is 0 Å². The number of methoxy groups -OCH3 is 1. The fraction of sp³-hybridized carbons (Fsp3) is 0.250. The number of hydrogen-bond donors (Lipinski definition) is 3. The average Bonchev–Trinajstić information content (AvgIpc) is 2.72. The highest BCUT2D eigenvalue weighted by Gasteiger charge is 2.21. The van der Waals surface area contributed by atoms with Crippen molar-refractivity contribution in [3.63, 3.8) is 0 Å². The van der Waals surface area contributed by atoms with Gasteiger partial charge in [0.1, 0.15) is 18.4 Å². The van der Waals surface area contributed by atoms with Gasteiger partial charge in [-0.05, 0) is 29.8 Å². The first-order valence-corrected chi connectivity index (χ1v) is 9.85. The molecular formula is C20H22N2O6S. The number of amides is 2. The van der Waals surface area contributed by atoms with E-state index in [9.17, 15) is 19.5 Å². The van der Waals surface area contributed by atoms with Gasteiger partial charge in [-0.2, -0.15) is 0 Å². The first kappa shape index (κ1) is 22.1. The van der Waals surface area contributed by atoms with E-state index in [1.54, 1.807) is 43.5 Å². The van der Waals surface area contributed by atoms with Gasteiger partial charge in [0.15, 0.2) is 0 Å². The molecule has 1 atom stereocenters.